The number of hydrogen-bond acceptors (Lipinski definition) is 3. The van der Waals surface area contributed by atoms with Crippen LogP contribution in [0.4, 0.5) is 8.78 Å². The van der Waals surface area contributed by atoms with Gasteiger partial charge < -0.3 is 0 Å². The van der Waals surface area contributed by atoms with Crippen LogP contribution in [0.5, 0.6) is 0 Å². The highest BCUT2D eigenvalue weighted by molar-refractivity contribution is 7.99. The summed E-state index contributed by atoms with van der Waals surface area (Å²) in [7, 11) is 0. The summed E-state index contributed by atoms with van der Waals surface area (Å²) in [5.41, 5.74) is 1.73. The average Bonchev–Trinajstić information content (AvgIpc) is 2.32. The van der Waals surface area contributed by atoms with Crippen LogP contribution >= 0.6 is 11.8 Å². The number of rotatable bonds is 2. The molecule has 0 spiro atoms. The Morgan fingerprint density at radius 3 is 2.26 bits per heavy atom. The summed E-state index contributed by atoms with van der Waals surface area (Å²) in [4.78, 5) is 4.08. The zero-order valence-electron chi connectivity index (χ0n) is 10.4. The molecule has 0 aliphatic rings. The van der Waals surface area contributed by atoms with Gasteiger partial charge in [-0.1, -0.05) is 11.8 Å². The van der Waals surface area contributed by atoms with E-state index in [1.807, 2.05) is 19.9 Å². The topological polar surface area (TPSA) is 36.7 Å². The molecule has 0 unspecified atom stereocenters. The van der Waals surface area contributed by atoms with E-state index in [0.29, 0.717) is 5.03 Å². The summed E-state index contributed by atoms with van der Waals surface area (Å²) in [6.07, 6.45) is 0. The number of nitriles is 1. The molecule has 1 aromatic carbocycles. The summed E-state index contributed by atoms with van der Waals surface area (Å²) in [6, 6.07) is 7.40. The highest BCUT2D eigenvalue weighted by Gasteiger charge is 2.13. The van der Waals surface area contributed by atoms with Crippen LogP contribution in [0.1, 0.15) is 16.8 Å². The quantitative estimate of drug-likeness (QED) is 0.832. The molecule has 2 rings (SSSR count). The van der Waals surface area contributed by atoms with Gasteiger partial charge in [-0.15, -0.1) is 0 Å². The Hall–Kier alpha value is -1.93. The van der Waals surface area contributed by atoms with Crippen molar-refractivity contribution in [1.29, 1.82) is 5.26 Å². The molecular weight excluding hydrogens is 266 g/mol. The van der Waals surface area contributed by atoms with Gasteiger partial charge in [0.1, 0.15) is 16.7 Å². The molecule has 0 aliphatic heterocycles. The molecule has 0 amide bonds. The minimum Gasteiger partial charge on any atom is -0.246 e. The molecular formula is C14H10F2N2S. The lowest BCUT2D eigenvalue weighted by Gasteiger charge is -2.06. The lowest BCUT2D eigenvalue weighted by Crippen LogP contribution is -1.92. The van der Waals surface area contributed by atoms with Crippen molar-refractivity contribution in [3.8, 4) is 6.07 Å². The second kappa shape index (κ2) is 5.37. The molecule has 0 saturated carbocycles. The highest BCUT2D eigenvalue weighted by Crippen LogP contribution is 2.32. The van der Waals surface area contributed by atoms with Gasteiger partial charge in [0.25, 0.3) is 0 Å². The van der Waals surface area contributed by atoms with E-state index in [1.54, 1.807) is 12.1 Å². The molecule has 19 heavy (non-hydrogen) atoms. The largest absolute Gasteiger partial charge is 0.246 e. The van der Waals surface area contributed by atoms with Crippen molar-refractivity contribution in [1.82, 2.24) is 4.98 Å². The minimum atomic E-state index is -0.748. The normalized spacial score (nSPS) is 10.3. The molecule has 0 radical (unpaired) electrons. The van der Waals surface area contributed by atoms with Gasteiger partial charge in [-0.3, -0.25) is 0 Å². The smallest absolute Gasteiger partial charge is 0.141 e. The second-order valence-electron chi connectivity index (χ2n) is 4.11. The Bertz CT molecular complexity index is 634. The van der Waals surface area contributed by atoms with E-state index in [9.17, 15) is 8.78 Å². The molecule has 96 valence electrons. The molecule has 2 nitrogen and oxygen atoms in total. The first-order valence-electron chi connectivity index (χ1n) is 5.52. The third kappa shape index (κ3) is 3.09. The van der Waals surface area contributed by atoms with E-state index in [1.165, 1.54) is 0 Å². The van der Waals surface area contributed by atoms with Gasteiger partial charge in [-0.05, 0) is 43.7 Å². The highest BCUT2D eigenvalue weighted by atomic mass is 32.2. The molecule has 0 aliphatic carbocycles. The van der Waals surface area contributed by atoms with E-state index < -0.39 is 11.6 Å². The summed E-state index contributed by atoms with van der Waals surface area (Å²) in [5, 5.41) is 9.17. The SMILES string of the molecule is Cc1cc(C)nc(Sc2c(F)cc(C#N)cc2F)c1. The van der Waals surface area contributed by atoms with Gasteiger partial charge in [0.05, 0.1) is 16.5 Å². The van der Waals surface area contributed by atoms with Crippen LogP contribution in [-0.2, 0) is 0 Å². The maximum Gasteiger partial charge on any atom is 0.141 e. The summed E-state index contributed by atoms with van der Waals surface area (Å²) >= 11 is 0.918. The van der Waals surface area contributed by atoms with Gasteiger partial charge in [-0.2, -0.15) is 5.26 Å². The molecule has 0 bridgehead atoms. The van der Waals surface area contributed by atoms with Crippen molar-refractivity contribution in [3.63, 3.8) is 0 Å². The standard InChI is InChI=1S/C14H10F2N2S/c1-8-3-9(2)18-13(4-8)19-14-11(15)5-10(7-17)6-12(14)16/h3-6H,1-2H3. The van der Waals surface area contributed by atoms with Crippen LogP contribution in [0, 0.1) is 36.8 Å². The van der Waals surface area contributed by atoms with Crippen LogP contribution in [-0.4, -0.2) is 4.98 Å². The fourth-order valence-electron chi connectivity index (χ4n) is 1.68. The Balaban J connectivity index is 2.41. The fraction of sp³-hybridized carbons (Fsp3) is 0.143. The number of aromatic nitrogens is 1. The zero-order valence-corrected chi connectivity index (χ0v) is 11.2. The van der Waals surface area contributed by atoms with E-state index in [-0.39, 0.29) is 10.5 Å². The number of hydrogen-bond donors (Lipinski definition) is 0. The summed E-state index contributed by atoms with van der Waals surface area (Å²) in [5.74, 6) is -1.50. The van der Waals surface area contributed by atoms with Gasteiger partial charge in [0.2, 0.25) is 0 Å². The monoisotopic (exact) mass is 276 g/mol. The first-order valence-corrected chi connectivity index (χ1v) is 6.33. The second-order valence-corrected chi connectivity index (χ2v) is 5.14. The Labute approximate surface area is 114 Å². The summed E-state index contributed by atoms with van der Waals surface area (Å²) < 4.78 is 27.5. The molecule has 1 heterocycles. The Kier molecular flexibility index (Phi) is 3.82. The van der Waals surface area contributed by atoms with Crippen molar-refractivity contribution in [2.75, 3.05) is 0 Å². The lowest BCUT2D eigenvalue weighted by atomic mass is 10.2. The van der Waals surface area contributed by atoms with E-state index >= 15 is 0 Å². The minimum absolute atomic E-state index is 0.0345. The van der Waals surface area contributed by atoms with Crippen LogP contribution in [0.15, 0.2) is 34.2 Å². The number of aryl methyl sites for hydroxylation is 2. The molecule has 2 aromatic rings. The number of halogens is 2. The lowest BCUT2D eigenvalue weighted by molar-refractivity contribution is 0.539. The van der Waals surface area contributed by atoms with Crippen LogP contribution in [0.25, 0.3) is 0 Å². The van der Waals surface area contributed by atoms with Crippen molar-refractivity contribution in [2.24, 2.45) is 0 Å². The maximum absolute atomic E-state index is 13.7. The molecule has 0 atom stereocenters. The zero-order chi connectivity index (χ0) is 14.0. The van der Waals surface area contributed by atoms with E-state index in [0.717, 1.165) is 35.2 Å². The predicted molar refractivity (Wildman–Crippen MR) is 68.9 cm³/mol. The van der Waals surface area contributed by atoms with Crippen molar-refractivity contribution in [3.05, 3.63) is 52.7 Å². The molecule has 0 saturated heterocycles. The Morgan fingerprint density at radius 2 is 1.74 bits per heavy atom. The van der Waals surface area contributed by atoms with Crippen molar-refractivity contribution in [2.45, 2.75) is 23.8 Å². The number of benzene rings is 1. The number of pyridine rings is 1. The van der Waals surface area contributed by atoms with Gasteiger partial charge in [0, 0.05) is 5.69 Å². The Morgan fingerprint density at radius 1 is 1.11 bits per heavy atom. The van der Waals surface area contributed by atoms with E-state index in [2.05, 4.69) is 4.98 Å². The molecule has 0 N–H and O–H groups in total. The summed E-state index contributed by atoms with van der Waals surface area (Å²) in [6.45, 7) is 3.72. The number of nitrogens with zero attached hydrogens (tertiary/aromatic N) is 2. The average molecular weight is 276 g/mol. The van der Waals surface area contributed by atoms with E-state index in [4.69, 9.17) is 5.26 Å². The van der Waals surface area contributed by atoms with Gasteiger partial charge in [0.15, 0.2) is 0 Å². The maximum atomic E-state index is 13.7. The molecule has 5 heteroatoms. The molecule has 1 aromatic heterocycles. The van der Waals surface area contributed by atoms with Gasteiger partial charge >= 0.3 is 0 Å². The molecule has 0 fully saturated rings. The van der Waals surface area contributed by atoms with Crippen molar-refractivity contribution < 1.29 is 8.78 Å². The van der Waals surface area contributed by atoms with Crippen molar-refractivity contribution >= 4 is 11.8 Å². The third-order valence-corrected chi connectivity index (χ3v) is 3.42. The first kappa shape index (κ1) is 13.5. The fourth-order valence-corrected chi connectivity index (χ4v) is 2.64. The van der Waals surface area contributed by atoms with Crippen LogP contribution < -0.4 is 0 Å². The first-order chi connectivity index (χ1) is 8.99. The van der Waals surface area contributed by atoms with Gasteiger partial charge in [-0.25, -0.2) is 13.8 Å². The third-order valence-electron chi connectivity index (χ3n) is 2.41. The van der Waals surface area contributed by atoms with Crippen LogP contribution in [0.2, 0.25) is 0 Å². The van der Waals surface area contributed by atoms with Crippen LogP contribution in [0.3, 0.4) is 0 Å². The predicted octanol–water partition coefficient (Wildman–Crippen LogP) is 4.00.